The molecule has 1 unspecified atom stereocenters. The lowest BCUT2D eigenvalue weighted by molar-refractivity contribution is 0.599. The number of nitrogen functional groups attached to an aromatic ring is 1. The van der Waals surface area contributed by atoms with Crippen LogP contribution in [0.25, 0.3) is 0 Å². The minimum Gasteiger partial charge on any atom is -0.384 e. The van der Waals surface area contributed by atoms with Crippen LogP contribution in [0.15, 0.2) is 60.0 Å². The lowest BCUT2D eigenvalue weighted by atomic mass is 9.75. The van der Waals surface area contributed by atoms with Crippen LogP contribution in [0.5, 0.6) is 0 Å². The minimum atomic E-state index is -0.559. The average Bonchev–Trinajstić information content (AvgIpc) is 3.06. The second-order valence-corrected chi connectivity index (χ2v) is 8.52. The van der Waals surface area contributed by atoms with Gasteiger partial charge in [0.05, 0.1) is 11.0 Å². The molecule has 1 aromatic carbocycles. The Morgan fingerprint density at radius 3 is 2.61 bits per heavy atom. The van der Waals surface area contributed by atoms with Gasteiger partial charge < -0.3 is 16.4 Å². The Morgan fingerprint density at radius 1 is 1.27 bits per heavy atom. The first kappa shape index (κ1) is 24.2. The fraction of sp³-hybridized carbons (Fsp3) is 0.346. The van der Waals surface area contributed by atoms with Crippen molar-refractivity contribution in [3.63, 3.8) is 0 Å². The predicted molar refractivity (Wildman–Crippen MR) is 134 cm³/mol. The lowest BCUT2D eigenvalue weighted by Gasteiger charge is -2.28. The molecule has 0 fully saturated rings. The van der Waals surface area contributed by atoms with Crippen molar-refractivity contribution in [1.29, 1.82) is 5.41 Å². The number of fused-ring (bicyclic) bond motifs is 1. The fourth-order valence-corrected chi connectivity index (χ4v) is 4.22. The zero-order valence-electron chi connectivity index (χ0n) is 19.9. The zero-order valence-corrected chi connectivity index (χ0v) is 19.9. The van der Waals surface area contributed by atoms with Gasteiger partial charge in [-0.2, -0.15) is 0 Å². The third kappa shape index (κ3) is 4.40. The largest absolute Gasteiger partial charge is 0.384 e. The van der Waals surface area contributed by atoms with Crippen LogP contribution in [-0.4, -0.2) is 15.7 Å². The Labute approximate surface area is 195 Å². The predicted octanol–water partition coefficient (Wildman–Crippen LogP) is 5.59. The van der Waals surface area contributed by atoms with E-state index >= 15 is 0 Å². The van der Waals surface area contributed by atoms with Crippen molar-refractivity contribution in [2.45, 2.75) is 58.9 Å². The third-order valence-electron chi connectivity index (χ3n) is 6.42. The van der Waals surface area contributed by atoms with E-state index in [0.29, 0.717) is 35.7 Å². The number of hydrogen-bond acceptors (Lipinski definition) is 6. The minimum absolute atomic E-state index is 0.163. The summed E-state index contributed by atoms with van der Waals surface area (Å²) in [5, 5.41) is 15.2. The number of nitrogens with one attached hydrogen (secondary N) is 3. The van der Waals surface area contributed by atoms with Crippen LogP contribution in [0.1, 0.15) is 63.9 Å². The van der Waals surface area contributed by atoms with E-state index in [1.165, 1.54) is 6.07 Å². The topological polar surface area (TPSA) is 99.7 Å². The van der Waals surface area contributed by atoms with E-state index in [0.717, 1.165) is 35.4 Å². The molecule has 2 heterocycles. The molecule has 33 heavy (non-hydrogen) atoms. The quantitative estimate of drug-likeness (QED) is 0.296. The molecule has 0 bridgehead atoms. The monoisotopic (exact) mass is 448 g/mol. The van der Waals surface area contributed by atoms with Crippen LogP contribution < -0.4 is 16.4 Å². The number of benzene rings is 1. The highest BCUT2D eigenvalue weighted by molar-refractivity contribution is 6.08. The van der Waals surface area contributed by atoms with Crippen molar-refractivity contribution < 1.29 is 4.39 Å². The van der Waals surface area contributed by atoms with Gasteiger partial charge in [0, 0.05) is 23.5 Å². The van der Waals surface area contributed by atoms with Crippen LogP contribution in [-0.2, 0) is 12.0 Å². The standard InChI is InChI=1S/C26H33FN6/c1-7-11-15(3)26(6)17(5)31-24-21(26)23(29)32-25(33-24)22(28)16(4)20(8-2)30-14-18-12-9-10-13-19(18)27/h9-10,12-13,28,30H,3,5,7-8,11,14H2,1-2,4,6H3,(H3,29,31,32,33)/b20-16-,28-22?. The summed E-state index contributed by atoms with van der Waals surface area (Å²) in [7, 11) is 0. The zero-order chi connectivity index (χ0) is 24.3. The summed E-state index contributed by atoms with van der Waals surface area (Å²) in [5.41, 5.74) is 10.6. The van der Waals surface area contributed by atoms with Crippen molar-refractivity contribution in [1.82, 2.24) is 15.3 Å². The van der Waals surface area contributed by atoms with Gasteiger partial charge in [0.15, 0.2) is 5.82 Å². The van der Waals surface area contributed by atoms with Gasteiger partial charge in [-0.15, -0.1) is 0 Å². The maximum atomic E-state index is 14.0. The van der Waals surface area contributed by atoms with E-state index in [1.807, 2.05) is 20.8 Å². The summed E-state index contributed by atoms with van der Waals surface area (Å²) in [6.07, 6.45) is 2.44. The number of allylic oxidation sites excluding steroid dienone is 3. The molecule has 1 aromatic heterocycles. The maximum absolute atomic E-state index is 14.0. The summed E-state index contributed by atoms with van der Waals surface area (Å²) in [6, 6.07) is 6.64. The van der Waals surface area contributed by atoms with E-state index in [1.54, 1.807) is 18.2 Å². The highest BCUT2D eigenvalue weighted by Crippen LogP contribution is 2.49. The normalized spacial score (nSPS) is 17.8. The summed E-state index contributed by atoms with van der Waals surface area (Å²) in [5.74, 6) is 0.850. The summed E-state index contributed by atoms with van der Waals surface area (Å²) >= 11 is 0. The second-order valence-electron chi connectivity index (χ2n) is 8.52. The van der Waals surface area contributed by atoms with E-state index in [9.17, 15) is 4.39 Å². The van der Waals surface area contributed by atoms with Crippen LogP contribution >= 0.6 is 0 Å². The van der Waals surface area contributed by atoms with E-state index < -0.39 is 5.41 Å². The molecule has 0 saturated carbocycles. The van der Waals surface area contributed by atoms with Crippen LogP contribution in [0.3, 0.4) is 0 Å². The third-order valence-corrected chi connectivity index (χ3v) is 6.42. The van der Waals surface area contributed by atoms with Crippen LogP contribution in [0.4, 0.5) is 16.0 Å². The molecule has 2 aromatic rings. The maximum Gasteiger partial charge on any atom is 0.181 e. The first-order valence-corrected chi connectivity index (χ1v) is 11.2. The highest BCUT2D eigenvalue weighted by Gasteiger charge is 2.43. The summed E-state index contributed by atoms with van der Waals surface area (Å²) in [4.78, 5) is 9.11. The van der Waals surface area contributed by atoms with E-state index in [2.05, 4.69) is 40.7 Å². The van der Waals surface area contributed by atoms with Gasteiger partial charge in [0.25, 0.3) is 0 Å². The van der Waals surface area contributed by atoms with Crippen molar-refractivity contribution in [2.24, 2.45) is 0 Å². The summed E-state index contributed by atoms with van der Waals surface area (Å²) in [6.45, 7) is 16.7. The second kappa shape index (κ2) is 9.57. The van der Waals surface area contributed by atoms with E-state index in [4.69, 9.17) is 11.1 Å². The van der Waals surface area contributed by atoms with E-state index in [-0.39, 0.29) is 17.4 Å². The van der Waals surface area contributed by atoms with Gasteiger partial charge in [0.1, 0.15) is 23.2 Å². The van der Waals surface area contributed by atoms with Crippen molar-refractivity contribution in [3.05, 3.63) is 82.7 Å². The molecule has 0 amide bonds. The Kier molecular flexibility index (Phi) is 7.01. The van der Waals surface area contributed by atoms with Crippen LogP contribution in [0, 0.1) is 11.2 Å². The Bertz CT molecular complexity index is 1150. The highest BCUT2D eigenvalue weighted by atomic mass is 19.1. The van der Waals surface area contributed by atoms with Gasteiger partial charge >= 0.3 is 0 Å². The average molecular weight is 449 g/mol. The first-order chi connectivity index (χ1) is 15.6. The number of halogens is 1. The molecule has 1 aliphatic heterocycles. The molecule has 174 valence electrons. The van der Waals surface area contributed by atoms with Crippen molar-refractivity contribution in [2.75, 3.05) is 11.1 Å². The molecule has 5 N–H and O–H groups in total. The molecule has 1 atom stereocenters. The van der Waals surface area contributed by atoms with Gasteiger partial charge in [-0.3, -0.25) is 5.41 Å². The Morgan fingerprint density at radius 2 is 1.97 bits per heavy atom. The molecule has 3 rings (SSSR count). The van der Waals surface area contributed by atoms with Crippen molar-refractivity contribution in [3.8, 4) is 0 Å². The van der Waals surface area contributed by atoms with Gasteiger partial charge in [-0.05, 0) is 38.3 Å². The molecule has 7 heteroatoms. The van der Waals surface area contributed by atoms with Crippen LogP contribution in [0.2, 0.25) is 0 Å². The molecule has 0 saturated heterocycles. The molecular weight excluding hydrogens is 415 g/mol. The fourth-order valence-electron chi connectivity index (χ4n) is 4.22. The van der Waals surface area contributed by atoms with Crippen molar-refractivity contribution >= 4 is 17.3 Å². The number of rotatable bonds is 9. The van der Waals surface area contributed by atoms with Gasteiger partial charge in [-0.25, -0.2) is 14.4 Å². The Hall–Kier alpha value is -3.48. The molecule has 0 radical (unpaired) electrons. The molecule has 0 spiro atoms. The molecular formula is C26H33FN6. The summed E-state index contributed by atoms with van der Waals surface area (Å²) < 4.78 is 14.0. The number of aromatic nitrogens is 2. The van der Waals surface area contributed by atoms with Gasteiger partial charge in [0.2, 0.25) is 0 Å². The van der Waals surface area contributed by atoms with Gasteiger partial charge in [-0.1, -0.05) is 57.2 Å². The SMILES string of the molecule is C=C(CCC)C1(C)C(=C)Nc2nc(C(=N)/C(C)=C(/CC)NCc3ccccc3F)nc(N)c21. The number of anilines is 2. The smallest absolute Gasteiger partial charge is 0.181 e. The number of nitrogens with two attached hydrogens (primary N) is 1. The molecule has 6 nitrogen and oxygen atoms in total. The lowest BCUT2D eigenvalue weighted by Crippen LogP contribution is -2.26. The molecule has 1 aliphatic rings. The first-order valence-electron chi connectivity index (χ1n) is 11.2. The number of nitrogens with zero attached hydrogens (tertiary/aromatic N) is 2. The Balaban J connectivity index is 1.92. The molecule has 0 aliphatic carbocycles. The number of hydrogen-bond donors (Lipinski definition) is 4.